The van der Waals surface area contributed by atoms with Crippen LogP contribution < -0.4 is 16.4 Å². The van der Waals surface area contributed by atoms with Crippen molar-refractivity contribution in [3.8, 4) is 11.3 Å². The molecule has 2 rings (SSSR count). The molecule has 7 heteroatoms. The standard InChI is InChI=1S/C18H23N5O2/c1-18(2,3)10-22-16(24)12-7-5-6-11(8-12)13-9-21-15(19)14(23-13)17(25)20-4/h5-9H,10H2,1-4H3,(H2,19,21)(H,20,25)(H,22,24). The molecular formula is C18H23N5O2. The highest BCUT2D eigenvalue weighted by molar-refractivity contribution is 5.97. The van der Waals surface area contributed by atoms with Gasteiger partial charge in [0.25, 0.3) is 11.8 Å². The Kier molecular flexibility index (Phi) is 5.36. The zero-order valence-electron chi connectivity index (χ0n) is 14.9. The molecule has 0 saturated heterocycles. The molecule has 0 spiro atoms. The van der Waals surface area contributed by atoms with Crippen LogP contribution in [0.2, 0.25) is 0 Å². The van der Waals surface area contributed by atoms with Gasteiger partial charge in [0.1, 0.15) is 0 Å². The van der Waals surface area contributed by atoms with E-state index in [0.717, 1.165) is 0 Å². The number of rotatable bonds is 4. The molecule has 0 aliphatic rings. The van der Waals surface area contributed by atoms with Gasteiger partial charge < -0.3 is 16.4 Å². The number of nitrogens with zero attached hydrogens (tertiary/aromatic N) is 2. The number of carbonyl (C=O) groups excluding carboxylic acids is 2. The van der Waals surface area contributed by atoms with Crippen LogP contribution in [-0.2, 0) is 0 Å². The average Bonchev–Trinajstić information content (AvgIpc) is 2.59. The number of nitrogen functional groups attached to an aromatic ring is 1. The van der Waals surface area contributed by atoms with Crippen molar-refractivity contribution in [3.05, 3.63) is 41.7 Å². The number of benzene rings is 1. The van der Waals surface area contributed by atoms with Gasteiger partial charge in [-0.25, -0.2) is 9.97 Å². The fourth-order valence-electron chi connectivity index (χ4n) is 2.09. The van der Waals surface area contributed by atoms with E-state index >= 15 is 0 Å². The molecule has 4 N–H and O–H groups in total. The minimum Gasteiger partial charge on any atom is -0.382 e. The summed E-state index contributed by atoms with van der Waals surface area (Å²) in [5, 5.41) is 5.38. The number of carbonyl (C=O) groups is 2. The molecule has 0 bridgehead atoms. The Morgan fingerprint density at radius 3 is 2.56 bits per heavy atom. The molecule has 0 atom stereocenters. The van der Waals surface area contributed by atoms with Crippen molar-refractivity contribution in [1.29, 1.82) is 0 Å². The molecule has 0 radical (unpaired) electrons. The Hall–Kier alpha value is -2.96. The normalized spacial score (nSPS) is 11.0. The number of nitrogens with one attached hydrogen (secondary N) is 2. The van der Waals surface area contributed by atoms with Gasteiger partial charge in [-0.1, -0.05) is 32.9 Å². The number of nitrogens with two attached hydrogens (primary N) is 1. The Balaban J connectivity index is 2.30. The SMILES string of the molecule is CNC(=O)c1nc(-c2cccc(C(=O)NCC(C)(C)C)c2)cnc1N. The maximum Gasteiger partial charge on any atom is 0.273 e. The summed E-state index contributed by atoms with van der Waals surface area (Å²) in [7, 11) is 1.50. The molecule has 7 nitrogen and oxygen atoms in total. The summed E-state index contributed by atoms with van der Waals surface area (Å²) < 4.78 is 0. The minimum atomic E-state index is -0.411. The van der Waals surface area contributed by atoms with Gasteiger partial charge in [0.15, 0.2) is 11.5 Å². The van der Waals surface area contributed by atoms with Crippen molar-refractivity contribution in [2.24, 2.45) is 5.41 Å². The van der Waals surface area contributed by atoms with Crippen LogP contribution in [0.25, 0.3) is 11.3 Å². The maximum absolute atomic E-state index is 12.3. The van der Waals surface area contributed by atoms with Crippen LogP contribution in [0.3, 0.4) is 0 Å². The van der Waals surface area contributed by atoms with Crippen molar-refractivity contribution in [2.75, 3.05) is 19.3 Å². The highest BCUT2D eigenvalue weighted by atomic mass is 16.2. The zero-order chi connectivity index (χ0) is 18.6. The quantitative estimate of drug-likeness (QED) is 0.786. The Morgan fingerprint density at radius 1 is 1.20 bits per heavy atom. The summed E-state index contributed by atoms with van der Waals surface area (Å²) in [6.45, 7) is 6.72. The first kappa shape index (κ1) is 18.4. The average molecular weight is 341 g/mol. The Labute approximate surface area is 147 Å². The maximum atomic E-state index is 12.3. The molecule has 0 aliphatic carbocycles. The summed E-state index contributed by atoms with van der Waals surface area (Å²) in [5.41, 5.74) is 7.43. The van der Waals surface area contributed by atoms with E-state index in [1.807, 2.05) is 20.8 Å². The van der Waals surface area contributed by atoms with E-state index in [1.165, 1.54) is 13.2 Å². The summed E-state index contributed by atoms with van der Waals surface area (Å²) in [5.74, 6) is -0.514. The van der Waals surface area contributed by atoms with E-state index in [0.29, 0.717) is 23.4 Å². The Morgan fingerprint density at radius 2 is 1.92 bits per heavy atom. The van der Waals surface area contributed by atoms with Gasteiger partial charge in [0, 0.05) is 24.7 Å². The monoisotopic (exact) mass is 341 g/mol. The van der Waals surface area contributed by atoms with Gasteiger partial charge in [0.2, 0.25) is 0 Å². The van der Waals surface area contributed by atoms with E-state index < -0.39 is 5.91 Å². The largest absolute Gasteiger partial charge is 0.382 e. The molecule has 0 aliphatic heterocycles. The molecule has 1 aromatic heterocycles. The lowest BCUT2D eigenvalue weighted by Gasteiger charge is -2.18. The third-order valence-corrected chi connectivity index (χ3v) is 3.44. The molecule has 1 heterocycles. The van der Waals surface area contributed by atoms with Crippen LogP contribution in [0.5, 0.6) is 0 Å². The first-order valence-electron chi connectivity index (χ1n) is 7.94. The molecule has 0 fully saturated rings. The molecule has 2 aromatic rings. The van der Waals surface area contributed by atoms with Crippen LogP contribution in [0.1, 0.15) is 41.6 Å². The Bertz CT molecular complexity index is 796. The predicted octanol–water partition coefficient (Wildman–Crippen LogP) is 1.86. The summed E-state index contributed by atoms with van der Waals surface area (Å²) in [4.78, 5) is 32.4. The van der Waals surface area contributed by atoms with E-state index in [2.05, 4.69) is 20.6 Å². The van der Waals surface area contributed by atoms with E-state index in [-0.39, 0.29) is 22.8 Å². The lowest BCUT2D eigenvalue weighted by Crippen LogP contribution is -2.32. The van der Waals surface area contributed by atoms with Gasteiger partial charge in [-0.15, -0.1) is 0 Å². The van der Waals surface area contributed by atoms with Gasteiger partial charge in [-0.3, -0.25) is 9.59 Å². The van der Waals surface area contributed by atoms with Crippen LogP contribution in [0.4, 0.5) is 5.82 Å². The first-order valence-corrected chi connectivity index (χ1v) is 7.94. The molecule has 0 unspecified atom stereocenters. The third kappa shape index (κ3) is 4.76. The molecule has 25 heavy (non-hydrogen) atoms. The first-order chi connectivity index (χ1) is 11.7. The second kappa shape index (κ2) is 7.29. The second-order valence-electron chi connectivity index (χ2n) is 6.89. The van der Waals surface area contributed by atoms with Crippen molar-refractivity contribution >= 4 is 17.6 Å². The topological polar surface area (TPSA) is 110 Å². The number of aromatic nitrogens is 2. The zero-order valence-corrected chi connectivity index (χ0v) is 14.9. The highest BCUT2D eigenvalue weighted by Crippen LogP contribution is 2.20. The smallest absolute Gasteiger partial charge is 0.273 e. The molecule has 0 saturated carbocycles. The van der Waals surface area contributed by atoms with E-state index in [9.17, 15) is 9.59 Å². The van der Waals surface area contributed by atoms with Gasteiger partial charge in [-0.05, 0) is 17.5 Å². The number of anilines is 1. The van der Waals surface area contributed by atoms with Crippen LogP contribution in [-0.4, -0.2) is 35.4 Å². The predicted molar refractivity (Wildman–Crippen MR) is 97.1 cm³/mol. The molecule has 132 valence electrons. The number of amides is 2. The number of hydrogen-bond donors (Lipinski definition) is 3. The van der Waals surface area contributed by atoms with Crippen LogP contribution in [0, 0.1) is 5.41 Å². The van der Waals surface area contributed by atoms with Crippen LogP contribution >= 0.6 is 0 Å². The van der Waals surface area contributed by atoms with Crippen molar-refractivity contribution in [2.45, 2.75) is 20.8 Å². The van der Waals surface area contributed by atoms with Crippen molar-refractivity contribution < 1.29 is 9.59 Å². The van der Waals surface area contributed by atoms with E-state index in [4.69, 9.17) is 5.73 Å². The summed E-state index contributed by atoms with van der Waals surface area (Å²) >= 11 is 0. The fraction of sp³-hybridized carbons (Fsp3) is 0.333. The summed E-state index contributed by atoms with van der Waals surface area (Å²) in [6, 6.07) is 7.00. The lowest BCUT2D eigenvalue weighted by molar-refractivity contribution is 0.0936. The van der Waals surface area contributed by atoms with Gasteiger partial charge in [0.05, 0.1) is 11.9 Å². The van der Waals surface area contributed by atoms with E-state index in [1.54, 1.807) is 24.3 Å². The van der Waals surface area contributed by atoms with Gasteiger partial charge in [-0.2, -0.15) is 0 Å². The van der Waals surface area contributed by atoms with Crippen LogP contribution in [0.15, 0.2) is 30.5 Å². The molecule has 1 aromatic carbocycles. The lowest BCUT2D eigenvalue weighted by atomic mass is 9.97. The summed E-state index contributed by atoms with van der Waals surface area (Å²) in [6.07, 6.45) is 1.48. The second-order valence-corrected chi connectivity index (χ2v) is 6.89. The highest BCUT2D eigenvalue weighted by Gasteiger charge is 2.15. The molecular weight excluding hydrogens is 318 g/mol. The fourth-order valence-corrected chi connectivity index (χ4v) is 2.09. The van der Waals surface area contributed by atoms with Crippen molar-refractivity contribution in [1.82, 2.24) is 20.6 Å². The van der Waals surface area contributed by atoms with Gasteiger partial charge >= 0.3 is 0 Å². The minimum absolute atomic E-state index is 0.00187. The van der Waals surface area contributed by atoms with Crippen molar-refractivity contribution in [3.63, 3.8) is 0 Å². The number of hydrogen-bond acceptors (Lipinski definition) is 5. The molecule has 2 amide bonds. The third-order valence-electron chi connectivity index (χ3n) is 3.44.